The number of thioether (sulfide) groups is 1. The number of hydrogen-bond donors (Lipinski definition) is 0. The van der Waals surface area contributed by atoms with Crippen LogP contribution in [0.15, 0.2) is 0 Å². The first kappa shape index (κ1) is 8.95. The van der Waals surface area contributed by atoms with Crippen LogP contribution in [0.4, 0.5) is 0 Å². The molecule has 44 valence electrons. The first-order valence-corrected chi connectivity index (χ1v) is 4.50. The molecule has 0 atom stereocenters. The van der Waals surface area contributed by atoms with E-state index < -0.39 is 0 Å². The predicted octanol–water partition coefficient (Wildman–Crippen LogP) is 1.96. The molecule has 0 aromatic carbocycles. The first-order valence-electron chi connectivity index (χ1n) is 3.11. The van der Waals surface area contributed by atoms with Crippen molar-refractivity contribution in [2.45, 2.75) is 18.9 Å². The molecule has 0 unspecified atom stereocenters. The summed E-state index contributed by atoms with van der Waals surface area (Å²) in [6.45, 7) is 4.62. The zero-order chi connectivity index (χ0) is 6.62. The zero-order valence-electron chi connectivity index (χ0n) is 6.32. The third kappa shape index (κ3) is 3.89. The van der Waals surface area contributed by atoms with Crippen LogP contribution in [0, 0.1) is 5.41 Å². The fraction of sp³-hybridized carbons (Fsp3) is 1.00. The van der Waals surface area contributed by atoms with Gasteiger partial charge in [-0.2, -0.15) is 0 Å². The second-order valence-corrected chi connectivity index (χ2v) is 3.82. The Morgan fingerprint density at radius 2 is 2.00 bits per heavy atom. The topological polar surface area (TPSA) is 0 Å². The van der Waals surface area contributed by atoms with Crippen LogP contribution in [-0.4, -0.2) is 29.7 Å². The molecule has 2 heteroatoms. The molecule has 0 heterocycles. The van der Waals surface area contributed by atoms with Gasteiger partial charge in [0.2, 0.25) is 0 Å². The van der Waals surface area contributed by atoms with Crippen molar-refractivity contribution >= 4 is 29.5 Å². The molecule has 0 saturated carbocycles. The minimum absolute atomic E-state index is 0.555. The molecule has 0 N–H and O–H groups in total. The van der Waals surface area contributed by atoms with Crippen LogP contribution in [0.1, 0.15) is 13.8 Å². The van der Waals surface area contributed by atoms with Gasteiger partial charge in [0.1, 0.15) is 0 Å². The molecule has 0 aromatic heterocycles. The first-order chi connectivity index (χ1) is 3.62. The molecule has 0 saturated heterocycles. The van der Waals surface area contributed by atoms with Gasteiger partial charge in [-0.1, -0.05) is 0 Å². The zero-order valence-corrected chi connectivity index (χ0v) is 7.14. The van der Waals surface area contributed by atoms with Crippen molar-refractivity contribution < 1.29 is 0 Å². The summed E-state index contributed by atoms with van der Waals surface area (Å²) < 4.78 is 0. The molecule has 0 aliphatic heterocycles. The number of hydrogen-bond acceptors (Lipinski definition) is 1. The van der Waals surface area contributed by atoms with Crippen molar-refractivity contribution in [1.82, 2.24) is 0 Å². The van der Waals surface area contributed by atoms with Crippen molar-refractivity contribution in [3.8, 4) is 0 Å². The van der Waals surface area contributed by atoms with Gasteiger partial charge in [0.05, 0.1) is 0 Å². The van der Waals surface area contributed by atoms with Crippen molar-refractivity contribution in [3.05, 3.63) is 0 Å². The molecule has 0 spiro atoms. The molecule has 0 amide bonds. The van der Waals surface area contributed by atoms with Gasteiger partial charge in [-0.15, -0.1) is 0 Å². The third-order valence-electron chi connectivity index (χ3n) is 1.49. The van der Waals surface area contributed by atoms with Crippen molar-refractivity contribution in [2.75, 3.05) is 12.0 Å². The molecular formula is C6H13LiS. The third-order valence-corrected chi connectivity index (χ3v) is 2.56. The molecule has 0 bridgehead atoms. The Bertz CT molecular complexity index is 61.5. The van der Waals surface area contributed by atoms with Gasteiger partial charge >= 0.3 is 65.8 Å². The molecule has 0 aliphatic rings. The van der Waals surface area contributed by atoms with Gasteiger partial charge in [0.15, 0.2) is 0 Å². The van der Waals surface area contributed by atoms with E-state index in [4.69, 9.17) is 0 Å². The van der Waals surface area contributed by atoms with Crippen LogP contribution in [-0.2, 0) is 0 Å². The van der Waals surface area contributed by atoms with Crippen LogP contribution in [0.2, 0.25) is 5.09 Å². The summed E-state index contributed by atoms with van der Waals surface area (Å²) in [4.78, 5) is 0. The maximum absolute atomic E-state index is 2.31. The molecule has 8 heavy (non-hydrogen) atoms. The molecule has 0 radical (unpaired) electrons. The van der Waals surface area contributed by atoms with E-state index in [0.717, 1.165) is 0 Å². The summed E-state index contributed by atoms with van der Waals surface area (Å²) in [6.07, 6.45) is 2.16. The van der Waals surface area contributed by atoms with Gasteiger partial charge in [-0.3, -0.25) is 0 Å². The summed E-state index contributed by atoms with van der Waals surface area (Å²) in [6, 6.07) is 0. The summed E-state index contributed by atoms with van der Waals surface area (Å²) in [5.74, 6) is 1.28. The fourth-order valence-electron chi connectivity index (χ4n) is 0.493. The molecule has 0 aliphatic carbocycles. The van der Waals surface area contributed by atoms with Gasteiger partial charge in [-0.25, -0.2) is 0 Å². The van der Waals surface area contributed by atoms with E-state index >= 15 is 0 Å². The van der Waals surface area contributed by atoms with E-state index in [-0.39, 0.29) is 0 Å². The van der Waals surface area contributed by atoms with E-state index in [1.165, 1.54) is 10.8 Å². The van der Waals surface area contributed by atoms with Crippen molar-refractivity contribution in [2.24, 2.45) is 5.41 Å². The van der Waals surface area contributed by atoms with Crippen molar-refractivity contribution in [3.63, 3.8) is 0 Å². The predicted molar refractivity (Wildman–Crippen MR) is 42.7 cm³/mol. The Labute approximate surface area is 66.0 Å². The second-order valence-electron chi connectivity index (χ2n) is 2.95. The Morgan fingerprint density at radius 1 is 1.50 bits per heavy atom. The van der Waals surface area contributed by atoms with Crippen LogP contribution in [0.25, 0.3) is 0 Å². The van der Waals surface area contributed by atoms with Gasteiger partial charge in [-0.05, 0) is 0 Å². The van der Waals surface area contributed by atoms with E-state index in [1.54, 1.807) is 0 Å². The Kier molecular flexibility index (Phi) is 4.34. The van der Waals surface area contributed by atoms with Crippen molar-refractivity contribution in [1.29, 1.82) is 0 Å². The maximum atomic E-state index is 2.31. The van der Waals surface area contributed by atoms with E-state index in [9.17, 15) is 0 Å². The Balaban J connectivity index is 3.37. The SMILES string of the molecule is [Li][CH2]C(C)(C)CSC. The van der Waals surface area contributed by atoms with Crippen LogP contribution < -0.4 is 0 Å². The molecule has 0 rings (SSSR count). The minimum atomic E-state index is 0.555. The summed E-state index contributed by atoms with van der Waals surface area (Å²) in [5, 5.41) is 1.29. The molecular weight excluding hydrogens is 111 g/mol. The monoisotopic (exact) mass is 124 g/mol. The summed E-state index contributed by atoms with van der Waals surface area (Å²) in [7, 11) is 0. The quantitative estimate of drug-likeness (QED) is 0.518. The molecule has 0 aromatic rings. The normalized spacial score (nSPS) is 12.1. The Morgan fingerprint density at radius 3 is 2.12 bits per heavy atom. The van der Waals surface area contributed by atoms with Gasteiger partial charge in [0, 0.05) is 0 Å². The average molecular weight is 124 g/mol. The summed E-state index contributed by atoms with van der Waals surface area (Å²) in [5.41, 5.74) is 0.555. The van der Waals surface area contributed by atoms with Gasteiger partial charge in [0.25, 0.3) is 0 Å². The van der Waals surface area contributed by atoms with E-state index in [0.29, 0.717) is 5.41 Å². The van der Waals surface area contributed by atoms with Crippen LogP contribution in [0.3, 0.4) is 0 Å². The molecule has 0 nitrogen and oxygen atoms in total. The number of rotatable bonds is 3. The van der Waals surface area contributed by atoms with Crippen LogP contribution in [0.5, 0.6) is 0 Å². The Hall–Kier alpha value is 0.947. The second kappa shape index (κ2) is 3.88. The van der Waals surface area contributed by atoms with Gasteiger partial charge < -0.3 is 0 Å². The summed E-state index contributed by atoms with van der Waals surface area (Å²) >= 11 is 4.18. The van der Waals surface area contributed by atoms with Crippen LogP contribution >= 0.6 is 11.8 Å². The average Bonchev–Trinajstić information content (AvgIpc) is 1.67. The van der Waals surface area contributed by atoms with E-state index in [2.05, 4.69) is 37.8 Å². The standard InChI is InChI=1S/C6H13S.Li/c1-6(2,3)5-7-4;/h1,5H2,2-4H3;. The molecule has 0 fully saturated rings. The van der Waals surface area contributed by atoms with E-state index in [1.807, 2.05) is 11.8 Å². The fourth-order valence-corrected chi connectivity index (χ4v) is 1.48.